The molecule has 0 fully saturated rings. The fraction of sp³-hybridized carbons (Fsp3) is 0.235. The van der Waals surface area contributed by atoms with Crippen molar-refractivity contribution in [2.45, 2.75) is 13.8 Å². The van der Waals surface area contributed by atoms with Crippen LogP contribution in [0.1, 0.15) is 28.6 Å². The molecule has 2 N–H and O–H groups in total. The van der Waals surface area contributed by atoms with Crippen LogP contribution in [-0.2, 0) is 4.74 Å². The highest BCUT2D eigenvalue weighted by Gasteiger charge is 2.11. The Morgan fingerprint density at radius 1 is 1.29 bits per heavy atom. The maximum Gasteiger partial charge on any atom is 0.338 e. The Hall–Kier alpha value is -3.09. The van der Waals surface area contributed by atoms with Crippen LogP contribution in [0.2, 0.25) is 0 Å². The van der Waals surface area contributed by atoms with Crippen LogP contribution in [0.5, 0.6) is 0 Å². The first-order valence-corrected chi connectivity index (χ1v) is 7.41. The molecule has 0 saturated carbocycles. The molecule has 0 atom stereocenters. The van der Waals surface area contributed by atoms with Crippen molar-refractivity contribution in [2.75, 3.05) is 13.7 Å². The lowest BCUT2D eigenvalue weighted by Gasteiger charge is -2.05. The molecule has 126 valence electrons. The summed E-state index contributed by atoms with van der Waals surface area (Å²) in [5.74, 6) is 0.758. The van der Waals surface area contributed by atoms with Gasteiger partial charge in [-0.3, -0.25) is 0 Å². The van der Waals surface area contributed by atoms with Crippen LogP contribution in [-0.4, -0.2) is 31.9 Å². The first-order chi connectivity index (χ1) is 11.5. The number of aryl methyl sites for hydroxylation is 1. The highest BCUT2D eigenvalue weighted by Crippen LogP contribution is 2.24. The number of nitrogens with one attached hydrogen (secondary N) is 2. The SMILES string of the molecule is CCNC(=O)N/N=C/c1ccc(-c2ccc(C(=O)OC)c(C)c2)o1. The third kappa shape index (κ3) is 4.22. The van der Waals surface area contributed by atoms with Gasteiger partial charge in [0, 0.05) is 12.1 Å². The Morgan fingerprint density at radius 2 is 2.08 bits per heavy atom. The van der Waals surface area contributed by atoms with Gasteiger partial charge in [0.2, 0.25) is 0 Å². The van der Waals surface area contributed by atoms with Crippen molar-refractivity contribution in [2.24, 2.45) is 5.10 Å². The lowest BCUT2D eigenvalue weighted by molar-refractivity contribution is 0.0600. The van der Waals surface area contributed by atoms with Gasteiger partial charge in [-0.2, -0.15) is 5.10 Å². The fourth-order valence-electron chi connectivity index (χ4n) is 2.09. The van der Waals surface area contributed by atoms with Gasteiger partial charge in [-0.25, -0.2) is 15.0 Å². The number of urea groups is 1. The zero-order valence-corrected chi connectivity index (χ0v) is 13.8. The Labute approximate surface area is 139 Å². The lowest BCUT2D eigenvalue weighted by atomic mass is 10.0. The van der Waals surface area contributed by atoms with Crippen LogP contribution in [0.4, 0.5) is 4.79 Å². The molecule has 2 amide bonds. The van der Waals surface area contributed by atoms with E-state index in [1.165, 1.54) is 13.3 Å². The number of nitrogens with zero attached hydrogens (tertiary/aromatic N) is 1. The first kappa shape index (κ1) is 17.3. The summed E-state index contributed by atoms with van der Waals surface area (Å²) in [7, 11) is 1.35. The molecule has 0 unspecified atom stereocenters. The molecule has 7 heteroatoms. The molecule has 0 spiro atoms. The number of rotatable bonds is 5. The van der Waals surface area contributed by atoms with Crippen LogP contribution in [0.3, 0.4) is 0 Å². The molecular formula is C17H19N3O4. The Balaban J connectivity index is 2.10. The number of furan rings is 1. The number of carbonyl (C=O) groups excluding carboxylic acids is 2. The predicted octanol–water partition coefficient (Wildman–Crippen LogP) is 2.69. The van der Waals surface area contributed by atoms with E-state index in [9.17, 15) is 9.59 Å². The number of methoxy groups -OCH3 is 1. The van der Waals surface area contributed by atoms with Crippen molar-refractivity contribution in [3.05, 3.63) is 47.2 Å². The average Bonchev–Trinajstić information content (AvgIpc) is 3.03. The topological polar surface area (TPSA) is 92.9 Å². The molecule has 1 heterocycles. The highest BCUT2D eigenvalue weighted by molar-refractivity contribution is 5.91. The van der Waals surface area contributed by atoms with E-state index < -0.39 is 0 Å². The Kier molecular flexibility index (Phi) is 5.73. The van der Waals surface area contributed by atoms with Crippen molar-refractivity contribution in [3.8, 4) is 11.3 Å². The second kappa shape index (κ2) is 7.96. The number of hydrogen-bond acceptors (Lipinski definition) is 5. The summed E-state index contributed by atoms with van der Waals surface area (Å²) in [6, 6.07) is 8.48. The summed E-state index contributed by atoms with van der Waals surface area (Å²) in [5, 5.41) is 6.35. The van der Waals surface area contributed by atoms with Crippen LogP contribution in [0.15, 0.2) is 39.9 Å². The van der Waals surface area contributed by atoms with Gasteiger partial charge in [0.05, 0.1) is 18.9 Å². The molecule has 0 bridgehead atoms. The number of carbonyl (C=O) groups is 2. The van der Waals surface area contributed by atoms with Gasteiger partial charge >= 0.3 is 12.0 Å². The van der Waals surface area contributed by atoms with Crippen molar-refractivity contribution in [1.82, 2.24) is 10.7 Å². The number of hydrazone groups is 1. The minimum Gasteiger partial charge on any atom is -0.465 e. The average molecular weight is 329 g/mol. The van der Waals surface area contributed by atoms with Gasteiger partial charge in [-0.15, -0.1) is 0 Å². The number of benzene rings is 1. The molecule has 0 aliphatic rings. The van der Waals surface area contributed by atoms with Crippen LogP contribution in [0, 0.1) is 6.92 Å². The predicted molar refractivity (Wildman–Crippen MR) is 90.0 cm³/mol. The van der Waals surface area contributed by atoms with Crippen molar-refractivity contribution >= 4 is 18.2 Å². The second-order valence-electron chi connectivity index (χ2n) is 4.95. The minimum atomic E-state index is -0.380. The van der Waals surface area contributed by atoms with E-state index in [2.05, 4.69) is 15.8 Å². The van der Waals surface area contributed by atoms with Crippen LogP contribution < -0.4 is 10.7 Å². The lowest BCUT2D eigenvalue weighted by Crippen LogP contribution is -2.31. The quantitative estimate of drug-likeness (QED) is 0.501. The van der Waals surface area contributed by atoms with E-state index in [1.54, 1.807) is 24.3 Å². The third-order valence-corrected chi connectivity index (χ3v) is 3.24. The maximum atomic E-state index is 11.6. The van der Waals surface area contributed by atoms with Gasteiger partial charge in [0.25, 0.3) is 0 Å². The Bertz CT molecular complexity index is 765. The molecule has 0 aliphatic heterocycles. The second-order valence-corrected chi connectivity index (χ2v) is 4.95. The summed E-state index contributed by atoms with van der Waals surface area (Å²) >= 11 is 0. The normalized spacial score (nSPS) is 10.6. The van der Waals surface area contributed by atoms with E-state index in [-0.39, 0.29) is 12.0 Å². The van der Waals surface area contributed by atoms with E-state index >= 15 is 0 Å². The maximum absolute atomic E-state index is 11.6. The molecular weight excluding hydrogens is 310 g/mol. The number of amides is 2. The van der Waals surface area contributed by atoms with Gasteiger partial charge in [0.15, 0.2) is 0 Å². The molecule has 0 saturated heterocycles. The van der Waals surface area contributed by atoms with E-state index in [0.29, 0.717) is 23.6 Å². The molecule has 2 rings (SSSR count). The van der Waals surface area contributed by atoms with Gasteiger partial charge in [0.1, 0.15) is 11.5 Å². The van der Waals surface area contributed by atoms with Gasteiger partial charge in [-0.05, 0) is 43.7 Å². The molecule has 1 aromatic heterocycles. The largest absolute Gasteiger partial charge is 0.465 e. The summed E-state index contributed by atoms with van der Waals surface area (Å²) in [4.78, 5) is 22.8. The zero-order valence-electron chi connectivity index (χ0n) is 13.8. The molecule has 0 aliphatic carbocycles. The van der Waals surface area contributed by atoms with Crippen LogP contribution in [0.25, 0.3) is 11.3 Å². The zero-order chi connectivity index (χ0) is 17.5. The third-order valence-electron chi connectivity index (χ3n) is 3.24. The van der Waals surface area contributed by atoms with Gasteiger partial charge < -0.3 is 14.5 Å². The van der Waals surface area contributed by atoms with E-state index in [4.69, 9.17) is 9.15 Å². The number of hydrogen-bond donors (Lipinski definition) is 2. The molecule has 24 heavy (non-hydrogen) atoms. The standard InChI is InChI=1S/C17H19N3O4/c1-4-18-17(22)20-19-10-13-6-8-15(24-13)12-5-7-14(11(2)9-12)16(21)23-3/h5-10H,4H2,1-3H3,(H2,18,20,22)/b19-10+. The van der Waals surface area contributed by atoms with E-state index in [1.807, 2.05) is 19.9 Å². The van der Waals surface area contributed by atoms with Crippen LogP contribution >= 0.6 is 0 Å². The van der Waals surface area contributed by atoms with Crippen molar-refractivity contribution < 1.29 is 18.7 Å². The summed E-state index contributed by atoms with van der Waals surface area (Å²) in [6.45, 7) is 4.17. The summed E-state index contributed by atoms with van der Waals surface area (Å²) in [5.41, 5.74) is 4.46. The number of ether oxygens (including phenoxy) is 1. The smallest absolute Gasteiger partial charge is 0.338 e. The highest BCUT2D eigenvalue weighted by atomic mass is 16.5. The molecule has 1 aromatic carbocycles. The molecule has 0 radical (unpaired) electrons. The van der Waals surface area contributed by atoms with Crippen molar-refractivity contribution in [1.29, 1.82) is 0 Å². The molecule has 2 aromatic rings. The first-order valence-electron chi connectivity index (χ1n) is 7.41. The fourth-order valence-corrected chi connectivity index (χ4v) is 2.09. The number of esters is 1. The van der Waals surface area contributed by atoms with Gasteiger partial charge in [-0.1, -0.05) is 6.07 Å². The molecule has 7 nitrogen and oxygen atoms in total. The Morgan fingerprint density at radius 3 is 2.75 bits per heavy atom. The summed E-state index contributed by atoms with van der Waals surface area (Å²) in [6.07, 6.45) is 1.41. The minimum absolute atomic E-state index is 0.372. The monoisotopic (exact) mass is 329 g/mol. The summed E-state index contributed by atoms with van der Waals surface area (Å²) < 4.78 is 10.4. The van der Waals surface area contributed by atoms with Crippen molar-refractivity contribution in [3.63, 3.8) is 0 Å². The van der Waals surface area contributed by atoms with E-state index in [0.717, 1.165) is 11.1 Å².